The van der Waals surface area contributed by atoms with E-state index in [4.69, 9.17) is 9.84 Å². The molecule has 1 aliphatic heterocycles. The SMILES string of the molecule is CC(Oc1ccc(/C=C2/SC(=O)N(c3ccc(F)cc3)C2=O)cc1)C(=O)O. The van der Waals surface area contributed by atoms with E-state index in [2.05, 4.69) is 0 Å². The van der Waals surface area contributed by atoms with Gasteiger partial charge in [-0.3, -0.25) is 9.59 Å². The van der Waals surface area contributed by atoms with Gasteiger partial charge >= 0.3 is 5.97 Å². The molecule has 0 saturated carbocycles. The molecule has 1 aliphatic rings. The molecule has 27 heavy (non-hydrogen) atoms. The number of rotatable bonds is 5. The van der Waals surface area contributed by atoms with Crippen molar-refractivity contribution in [2.24, 2.45) is 0 Å². The van der Waals surface area contributed by atoms with Crippen LogP contribution in [-0.2, 0) is 9.59 Å². The highest BCUT2D eigenvalue weighted by Crippen LogP contribution is 2.35. The van der Waals surface area contributed by atoms with Crippen molar-refractivity contribution >= 4 is 40.6 Å². The molecular weight excluding hydrogens is 373 g/mol. The Morgan fingerprint density at radius 3 is 2.37 bits per heavy atom. The molecule has 138 valence electrons. The van der Waals surface area contributed by atoms with Crippen molar-refractivity contribution in [3.8, 4) is 5.75 Å². The average molecular weight is 387 g/mol. The van der Waals surface area contributed by atoms with Crippen molar-refractivity contribution in [1.82, 2.24) is 0 Å². The summed E-state index contributed by atoms with van der Waals surface area (Å²) >= 11 is 0.790. The fourth-order valence-corrected chi connectivity index (χ4v) is 3.17. The van der Waals surface area contributed by atoms with Crippen LogP contribution in [0.2, 0.25) is 0 Å². The quantitative estimate of drug-likeness (QED) is 0.783. The predicted molar refractivity (Wildman–Crippen MR) is 99.0 cm³/mol. The number of carbonyl (C=O) groups is 3. The number of carboxylic acids is 1. The number of imide groups is 1. The number of anilines is 1. The van der Waals surface area contributed by atoms with E-state index < -0.39 is 29.0 Å². The maximum absolute atomic E-state index is 13.0. The summed E-state index contributed by atoms with van der Waals surface area (Å²) in [6.07, 6.45) is 0.571. The van der Waals surface area contributed by atoms with E-state index in [-0.39, 0.29) is 4.91 Å². The van der Waals surface area contributed by atoms with Crippen molar-refractivity contribution in [3.63, 3.8) is 0 Å². The molecule has 1 heterocycles. The first-order valence-electron chi connectivity index (χ1n) is 7.88. The highest BCUT2D eigenvalue weighted by atomic mass is 32.2. The smallest absolute Gasteiger partial charge is 0.344 e. The van der Waals surface area contributed by atoms with E-state index in [1.165, 1.54) is 31.2 Å². The number of halogens is 1. The van der Waals surface area contributed by atoms with Gasteiger partial charge in [0.2, 0.25) is 0 Å². The molecule has 0 aliphatic carbocycles. The Morgan fingerprint density at radius 1 is 1.15 bits per heavy atom. The van der Waals surface area contributed by atoms with Crippen LogP contribution in [-0.4, -0.2) is 28.3 Å². The third-order valence-corrected chi connectivity index (χ3v) is 4.59. The predicted octanol–water partition coefficient (Wildman–Crippen LogP) is 3.92. The van der Waals surface area contributed by atoms with Crippen LogP contribution < -0.4 is 9.64 Å². The number of ether oxygens (including phenoxy) is 1. The van der Waals surface area contributed by atoms with Gasteiger partial charge in [0, 0.05) is 0 Å². The molecule has 0 aromatic heterocycles. The maximum Gasteiger partial charge on any atom is 0.344 e. The van der Waals surface area contributed by atoms with Gasteiger partial charge in [-0.05, 0) is 66.7 Å². The lowest BCUT2D eigenvalue weighted by Crippen LogP contribution is -2.27. The molecule has 6 nitrogen and oxygen atoms in total. The lowest BCUT2D eigenvalue weighted by atomic mass is 10.2. The van der Waals surface area contributed by atoms with E-state index >= 15 is 0 Å². The Balaban J connectivity index is 1.77. The first-order chi connectivity index (χ1) is 12.8. The Morgan fingerprint density at radius 2 is 1.78 bits per heavy atom. The van der Waals surface area contributed by atoms with Crippen molar-refractivity contribution in [2.75, 3.05) is 4.90 Å². The van der Waals surface area contributed by atoms with E-state index in [1.807, 2.05) is 0 Å². The first-order valence-corrected chi connectivity index (χ1v) is 8.70. The van der Waals surface area contributed by atoms with E-state index in [0.29, 0.717) is 17.0 Å². The molecule has 1 saturated heterocycles. The van der Waals surface area contributed by atoms with Crippen LogP contribution in [0.5, 0.6) is 5.75 Å². The fourth-order valence-electron chi connectivity index (χ4n) is 2.33. The Kier molecular flexibility index (Phi) is 5.27. The number of benzene rings is 2. The zero-order chi connectivity index (χ0) is 19.6. The summed E-state index contributed by atoms with van der Waals surface area (Å²) in [5.41, 5.74) is 0.948. The summed E-state index contributed by atoms with van der Waals surface area (Å²) < 4.78 is 18.3. The van der Waals surface area contributed by atoms with Crippen LogP contribution in [0.1, 0.15) is 12.5 Å². The zero-order valence-electron chi connectivity index (χ0n) is 14.1. The van der Waals surface area contributed by atoms with E-state index in [9.17, 15) is 18.8 Å². The molecule has 8 heteroatoms. The molecule has 1 fully saturated rings. The molecule has 0 bridgehead atoms. The standard InChI is InChI=1S/C19H14FNO5S/c1-11(18(23)24)26-15-8-2-12(3-9-15)10-16-17(22)21(19(25)27-16)14-6-4-13(20)5-7-14/h2-11H,1H3,(H,23,24)/b16-10+. The number of carbonyl (C=O) groups excluding carboxylic acids is 2. The minimum absolute atomic E-state index is 0.233. The highest BCUT2D eigenvalue weighted by molar-refractivity contribution is 8.19. The van der Waals surface area contributed by atoms with Crippen molar-refractivity contribution < 1.29 is 28.6 Å². The number of nitrogens with zero attached hydrogens (tertiary/aromatic N) is 1. The van der Waals surface area contributed by atoms with Crippen LogP contribution in [0.15, 0.2) is 53.4 Å². The third kappa shape index (κ3) is 4.17. The Hall–Kier alpha value is -3.13. The summed E-state index contributed by atoms with van der Waals surface area (Å²) in [7, 11) is 0. The largest absolute Gasteiger partial charge is 0.479 e. The van der Waals surface area contributed by atoms with Crippen molar-refractivity contribution in [2.45, 2.75) is 13.0 Å². The summed E-state index contributed by atoms with van der Waals surface area (Å²) in [5, 5.41) is 8.38. The zero-order valence-corrected chi connectivity index (χ0v) is 14.9. The number of hydrogen-bond acceptors (Lipinski definition) is 5. The third-order valence-electron chi connectivity index (χ3n) is 3.72. The average Bonchev–Trinajstić information content (AvgIpc) is 2.91. The van der Waals surface area contributed by atoms with Gasteiger partial charge in [0.1, 0.15) is 11.6 Å². The minimum Gasteiger partial charge on any atom is -0.479 e. The lowest BCUT2D eigenvalue weighted by Gasteiger charge is -2.12. The molecule has 2 aromatic rings. The molecule has 0 radical (unpaired) electrons. The topological polar surface area (TPSA) is 83.9 Å². The highest BCUT2D eigenvalue weighted by Gasteiger charge is 2.36. The van der Waals surface area contributed by atoms with Gasteiger partial charge in [0.15, 0.2) is 6.10 Å². The molecule has 2 amide bonds. The van der Waals surface area contributed by atoms with Crippen LogP contribution in [0.4, 0.5) is 14.9 Å². The minimum atomic E-state index is -1.08. The molecule has 3 rings (SSSR count). The van der Waals surface area contributed by atoms with Gasteiger partial charge in [0.25, 0.3) is 11.1 Å². The van der Waals surface area contributed by atoms with Gasteiger partial charge in [-0.1, -0.05) is 12.1 Å². The number of hydrogen-bond donors (Lipinski definition) is 1. The Bertz CT molecular complexity index is 924. The molecular formula is C19H14FNO5S. The summed E-state index contributed by atoms with van der Waals surface area (Å²) in [4.78, 5) is 36.7. The molecule has 0 spiro atoms. The number of carboxylic acid groups (broad SMARTS) is 1. The molecule has 1 atom stereocenters. The maximum atomic E-state index is 13.0. The first kappa shape index (κ1) is 18.7. The number of aliphatic carboxylic acids is 1. The van der Waals surface area contributed by atoms with Gasteiger partial charge in [0.05, 0.1) is 10.6 Å². The van der Waals surface area contributed by atoms with Crippen LogP contribution in [0.25, 0.3) is 6.08 Å². The second kappa shape index (κ2) is 7.63. The van der Waals surface area contributed by atoms with Crippen LogP contribution in [0.3, 0.4) is 0 Å². The van der Waals surface area contributed by atoms with Crippen LogP contribution >= 0.6 is 11.8 Å². The normalized spacial score (nSPS) is 16.7. The second-order valence-corrected chi connectivity index (χ2v) is 6.65. The van der Waals surface area contributed by atoms with Crippen molar-refractivity contribution in [1.29, 1.82) is 0 Å². The fraction of sp³-hybridized carbons (Fsp3) is 0.105. The van der Waals surface area contributed by atoms with Crippen LogP contribution in [0, 0.1) is 5.82 Å². The second-order valence-electron chi connectivity index (χ2n) is 5.66. The molecule has 1 N–H and O–H groups in total. The number of amides is 2. The lowest BCUT2D eigenvalue weighted by molar-refractivity contribution is -0.144. The molecule has 1 unspecified atom stereocenters. The summed E-state index contributed by atoms with van der Waals surface area (Å²) in [6.45, 7) is 1.42. The summed E-state index contributed by atoms with van der Waals surface area (Å²) in [5.74, 6) is -1.65. The van der Waals surface area contributed by atoms with Gasteiger partial charge < -0.3 is 9.84 Å². The van der Waals surface area contributed by atoms with Gasteiger partial charge in [-0.2, -0.15) is 0 Å². The monoisotopic (exact) mass is 387 g/mol. The van der Waals surface area contributed by atoms with Gasteiger partial charge in [-0.15, -0.1) is 0 Å². The summed E-state index contributed by atoms with van der Waals surface area (Å²) in [6, 6.07) is 11.5. The number of thioether (sulfide) groups is 1. The Labute approximate surface area is 158 Å². The van der Waals surface area contributed by atoms with Gasteiger partial charge in [-0.25, -0.2) is 14.1 Å². The van der Waals surface area contributed by atoms with Crippen molar-refractivity contribution in [3.05, 3.63) is 64.8 Å². The van der Waals surface area contributed by atoms with E-state index in [0.717, 1.165) is 16.7 Å². The van der Waals surface area contributed by atoms with E-state index in [1.54, 1.807) is 30.3 Å². The molecule has 2 aromatic carbocycles.